The van der Waals surface area contributed by atoms with Gasteiger partial charge in [0.2, 0.25) is 0 Å². The second kappa shape index (κ2) is 9.15. The van der Waals surface area contributed by atoms with Gasteiger partial charge in [0.25, 0.3) is 0 Å². The summed E-state index contributed by atoms with van der Waals surface area (Å²) in [5.74, 6) is -0.742. The molecule has 0 saturated heterocycles. The van der Waals surface area contributed by atoms with E-state index in [0.717, 1.165) is 29.0 Å². The van der Waals surface area contributed by atoms with E-state index in [-0.39, 0.29) is 18.7 Å². The molecule has 0 aliphatic heterocycles. The lowest BCUT2D eigenvalue weighted by Gasteiger charge is -2.29. The molecule has 0 fully saturated rings. The molecule has 4 rings (SSSR count). The lowest BCUT2D eigenvalue weighted by atomic mass is 9.92. The van der Waals surface area contributed by atoms with Gasteiger partial charge in [-0.15, -0.1) is 0 Å². The van der Waals surface area contributed by atoms with Gasteiger partial charge < -0.3 is 14.4 Å². The van der Waals surface area contributed by atoms with Gasteiger partial charge in [-0.25, -0.2) is 18.4 Å². The third-order valence-corrected chi connectivity index (χ3v) is 5.12. The molecule has 164 valence electrons. The van der Waals surface area contributed by atoms with Gasteiger partial charge in [0, 0.05) is 24.0 Å². The Morgan fingerprint density at radius 3 is 2.50 bits per heavy atom. The first kappa shape index (κ1) is 21.5. The summed E-state index contributed by atoms with van der Waals surface area (Å²) in [6.45, 7) is -0.0173. The van der Waals surface area contributed by atoms with Crippen molar-refractivity contribution in [2.24, 2.45) is 0 Å². The Kier molecular flexibility index (Phi) is 6.13. The maximum Gasteiger partial charge on any atom is 0.137 e. The van der Waals surface area contributed by atoms with Crippen LogP contribution in [0.4, 0.5) is 8.78 Å². The van der Waals surface area contributed by atoms with Crippen LogP contribution < -0.4 is 4.74 Å². The molecule has 2 heterocycles. The molecule has 0 radical (unpaired) electrons. The van der Waals surface area contributed by atoms with E-state index < -0.39 is 17.2 Å². The number of rotatable bonds is 8. The minimum absolute atomic E-state index is 0.0153. The maximum atomic E-state index is 14.6. The molecular formula is C24H22F2N4O2. The largest absolute Gasteiger partial charge is 0.497 e. The zero-order valence-corrected chi connectivity index (χ0v) is 17.4. The summed E-state index contributed by atoms with van der Waals surface area (Å²) in [5.41, 5.74) is 0.220. The number of aliphatic hydroxyl groups is 1. The van der Waals surface area contributed by atoms with Crippen molar-refractivity contribution in [3.05, 3.63) is 102 Å². The van der Waals surface area contributed by atoms with E-state index in [2.05, 4.69) is 10.1 Å². The Balaban J connectivity index is 1.57. The monoisotopic (exact) mass is 436 g/mol. The first-order chi connectivity index (χ1) is 15.4. The first-order valence-corrected chi connectivity index (χ1v) is 9.93. The second-order valence-corrected chi connectivity index (χ2v) is 7.47. The van der Waals surface area contributed by atoms with Crippen LogP contribution in [0.1, 0.15) is 16.7 Å². The van der Waals surface area contributed by atoms with Gasteiger partial charge in [-0.3, -0.25) is 0 Å². The van der Waals surface area contributed by atoms with Crippen LogP contribution >= 0.6 is 0 Å². The predicted molar refractivity (Wildman–Crippen MR) is 117 cm³/mol. The van der Waals surface area contributed by atoms with Gasteiger partial charge in [-0.1, -0.05) is 30.4 Å². The summed E-state index contributed by atoms with van der Waals surface area (Å²) < 4.78 is 36.3. The highest BCUT2D eigenvalue weighted by atomic mass is 19.1. The van der Waals surface area contributed by atoms with E-state index in [4.69, 9.17) is 4.74 Å². The molecule has 0 aliphatic carbocycles. The number of ether oxygens (including phenoxy) is 1. The fourth-order valence-corrected chi connectivity index (χ4v) is 3.54. The van der Waals surface area contributed by atoms with Crippen LogP contribution in [0.25, 0.3) is 12.2 Å². The first-order valence-electron chi connectivity index (χ1n) is 9.93. The zero-order valence-electron chi connectivity index (χ0n) is 17.4. The lowest BCUT2D eigenvalue weighted by molar-refractivity contribution is -0.00534. The van der Waals surface area contributed by atoms with Crippen LogP contribution in [0.15, 0.2) is 73.6 Å². The van der Waals surface area contributed by atoms with E-state index in [0.29, 0.717) is 0 Å². The topological polar surface area (TPSA) is 65.1 Å². The highest BCUT2D eigenvalue weighted by molar-refractivity contribution is 5.69. The van der Waals surface area contributed by atoms with Crippen LogP contribution in [-0.2, 0) is 18.7 Å². The minimum atomic E-state index is -1.68. The Hall–Kier alpha value is -3.78. The fraction of sp³-hybridized carbons (Fsp3) is 0.167. The van der Waals surface area contributed by atoms with Crippen LogP contribution in [0.3, 0.4) is 0 Å². The van der Waals surface area contributed by atoms with Crippen molar-refractivity contribution >= 4 is 12.2 Å². The summed E-state index contributed by atoms with van der Waals surface area (Å²) in [4.78, 5) is 3.87. The van der Waals surface area contributed by atoms with Gasteiger partial charge in [0.15, 0.2) is 0 Å². The number of hydrogen-bond acceptors (Lipinski definition) is 4. The van der Waals surface area contributed by atoms with Crippen LogP contribution in [-0.4, -0.2) is 31.5 Å². The molecule has 0 bridgehead atoms. The van der Waals surface area contributed by atoms with E-state index in [9.17, 15) is 13.9 Å². The molecule has 2 aromatic carbocycles. The lowest BCUT2D eigenvalue weighted by Crippen LogP contribution is -2.37. The predicted octanol–water partition coefficient (Wildman–Crippen LogP) is 4.12. The van der Waals surface area contributed by atoms with E-state index in [1.165, 1.54) is 23.4 Å². The molecule has 0 aliphatic rings. The van der Waals surface area contributed by atoms with Crippen molar-refractivity contribution in [2.45, 2.75) is 18.7 Å². The molecule has 0 saturated carbocycles. The van der Waals surface area contributed by atoms with Gasteiger partial charge >= 0.3 is 0 Å². The standard InChI is InChI=1S/C24H22F2N4O2/c1-32-21-7-4-18(5-8-21)2-3-19-10-11-29(13-19)14-24(31,15-30-17-27-16-28-30)22-9-6-20(25)12-23(22)26/h2-13,16-17,31H,14-15H2,1H3/b3-2+. The van der Waals surface area contributed by atoms with Crippen LogP contribution in [0, 0.1) is 11.6 Å². The number of aromatic nitrogens is 4. The molecular weight excluding hydrogens is 414 g/mol. The molecule has 6 nitrogen and oxygen atoms in total. The van der Waals surface area contributed by atoms with Crippen molar-refractivity contribution in [1.29, 1.82) is 0 Å². The molecule has 2 aromatic heterocycles. The number of halogens is 2. The number of nitrogens with zero attached hydrogens (tertiary/aromatic N) is 4. The van der Waals surface area contributed by atoms with Crippen molar-refractivity contribution in [3.63, 3.8) is 0 Å². The molecule has 4 aromatic rings. The molecule has 32 heavy (non-hydrogen) atoms. The van der Waals surface area contributed by atoms with Gasteiger partial charge in [-0.2, -0.15) is 5.10 Å². The van der Waals surface area contributed by atoms with E-state index in [1.54, 1.807) is 17.9 Å². The summed E-state index contributed by atoms with van der Waals surface area (Å²) >= 11 is 0. The zero-order chi connectivity index (χ0) is 22.6. The molecule has 1 unspecified atom stereocenters. The Labute approximate surface area is 184 Å². The minimum Gasteiger partial charge on any atom is -0.497 e. The Bertz CT molecular complexity index is 1200. The Morgan fingerprint density at radius 1 is 1.03 bits per heavy atom. The number of hydrogen-bond donors (Lipinski definition) is 1. The Morgan fingerprint density at radius 2 is 1.81 bits per heavy atom. The third-order valence-electron chi connectivity index (χ3n) is 5.12. The van der Waals surface area contributed by atoms with E-state index in [1.807, 2.05) is 48.7 Å². The van der Waals surface area contributed by atoms with Gasteiger partial charge in [0.1, 0.15) is 35.6 Å². The normalized spacial score (nSPS) is 13.4. The average Bonchev–Trinajstić information content (AvgIpc) is 3.44. The molecule has 0 spiro atoms. The average molecular weight is 436 g/mol. The van der Waals surface area contributed by atoms with Crippen molar-refractivity contribution < 1.29 is 18.6 Å². The smallest absolute Gasteiger partial charge is 0.137 e. The molecule has 0 amide bonds. The highest BCUT2D eigenvalue weighted by Gasteiger charge is 2.34. The van der Waals surface area contributed by atoms with Gasteiger partial charge in [0.05, 0.1) is 20.2 Å². The summed E-state index contributed by atoms with van der Waals surface area (Å²) in [7, 11) is 1.62. The quantitative estimate of drug-likeness (QED) is 0.451. The van der Waals surface area contributed by atoms with Crippen molar-refractivity contribution in [3.8, 4) is 5.75 Å². The second-order valence-electron chi connectivity index (χ2n) is 7.47. The van der Waals surface area contributed by atoms with Crippen LogP contribution in [0.5, 0.6) is 5.75 Å². The molecule has 1 atom stereocenters. The summed E-state index contributed by atoms with van der Waals surface area (Å²) in [5, 5.41) is 15.5. The van der Waals surface area contributed by atoms with E-state index >= 15 is 0 Å². The highest BCUT2D eigenvalue weighted by Crippen LogP contribution is 2.29. The maximum absolute atomic E-state index is 14.6. The van der Waals surface area contributed by atoms with Gasteiger partial charge in [-0.05, 0) is 35.4 Å². The van der Waals surface area contributed by atoms with Crippen LogP contribution in [0.2, 0.25) is 0 Å². The molecule has 8 heteroatoms. The fourth-order valence-electron chi connectivity index (χ4n) is 3.54. The third kappa shape index (κ3) is 4.92. The molecule has 1 N–H and O–H groups in total. The summed E-state index contributed by atoms with van der Waals surface area (Å²) in [6, 6.07) is 12.7. The van der Waals surface area contributed by atoms with Crippen molar-refractivity contribution in [1.82, 2.24) is 19.3 Å². The number of methoxy groups -OCH3 is 1. The summed E-state index contributed by atoms with van der Waals surface area (Å²) in [6.07, 6.45) is 10.3. The number of benzene rings is 2. The SMILES string of the molecule is COc1ccc(/C=C/c2ccn(CC(O)(Cn3cncn3)c3ccc(F)cc3F)c2)cc1. The van der Waals surface area contributed by atoms with Crippen molar-refractivity contribution in [2.75, 3.05) is 7.11 Å².